The van der Waals surface area contributed by atoms with Crippen LogP contribution in [0, 0.1) is 10.1 Å². The maximum atomic E-state index is 12.0. The van der Waals surface area contributed by atoms with Crippen LogP contribution in [0.1, 0.15) is 15.9 Å². The predicted molar refractivity (Wildman–Crippen MR) is 102 cm³/mol. The number of nitrogens with zero attached hydrogens (tertiary/aromatic N) is 1. The zero-order chi connectivity index (χ0) is 20.7. The van der Waals surface area contributed by atoms with Gasteiger partial charge in [0.15, 0.2) is 11.5 Å². The smallest absolute Gasteiger partial charge is 0.288 e. The molecule has 2 N–H and O–H groups in total. The van der Waals surface area contributed by atoms with Gasteiger partial charge in [-0.15, -0.1) is 0 Å². The van der Waals surface area contributed by atoms with E-state index in [4.69, 9.17) is 21.1 Å². The molecule has 0 spiro atoms. The van der Waals surface area contributed by atoms with Gasteiger partial charge < -0.3 is 9.47 Å². The third kappa shape index (κ3) is 5.21. The number of carbonyl (C=O) groups excluding carboxylic acids is 2. The van der Waals surface area contributed by atoms with E-state index in [1.165, 1.54) is 38.5 Å². The number of halogens is 1. The molecule has 28 heavy (non-hydrogen) atoms. The molecular formula is C18H16ClN3O6. The highest BCUT2D eigenvalue weighted by Gasteiger charge is 2.16. The van der Waals surface area contributed by atoms with Gasteiger partial charge in [-0.2, -0.15) is 0 Å². The summed E-state index contributed by atoms with van der Waals surface area (Å²) in [4.78, 5) is 34.0. The maximum absolute atomic E-state index is 12.0. The first-order valence-electron chi connectivity index (χ1n) is 7.80. The number of amides is 2. The molecule has 0 heterocycles. The fraction of sp³-hybridized carbons (Fsp3) is 0.111. The lowest BCUT2D eigenvalue weighted by molar-refractivity contribution is -0.384. The van der Waals surface area contributed by atoms with Crippen molar-refractivity contribution in [3.63, 3.8) is 0 Å². The molecule has 0 unspecified atom stereocenters. The Morgan fingerprint density at radius 3 is 2.43 bits per heavy atom. The second-order valence-corrected chi connectivity index (χ2v) is 5.72. The van der Waals surface area contributed by atoms with Gasteiger partial charge in [-0.1, -0.05) is 17.7 Å². The first kappa shape index (κ1) is 20.7. The molecule has 2 aromatic rings. The van der Waals surface area contributed by atoms with Gasteiger partial charge in [0.05, 0.1) is 19.1 Å². The standard InChI is InChI=1S/C18H16ClN3O6/c1-27-15-7-3-11(9-16(15)28-2)4-8-17(23)20-21-18(24)12-5-6-13(19)14(10-12)22(25)26/h3-10H,1-2H3,(H,20,23)(H,21,24). The minimum atomic E-state index is -0.729. The van der Waals surface area contributed by atoms with Gasteiger partial charge in [-0.25, -0.2) is 0 Å². The average Bonchev–Trinajstić information content (AvgIpc) is 2.70. The number of hydrogen-bond acceptors (Lipinski definition) is 6. The highest BCUT2D eigenvalue weighted by Crippen LogP contribution is 2.28. The number of nitro benzene ring substituents is 1. The molecule has 0 aliphatic heterocycles. The molecule has 2 rings (SSSR count). The number of carbonyl (C=O) groups is 2. The molecule has 0 saturated carbocycles. The second-order valence-electron chi connectivity index (χ2n) is 5.31. The molecule has 0 fully saturated rings. The Kier molecular flexibility index (Phi) is 6.94. The first-order chi connectivity index (χ1) is 13.3. The Hall–Kier alpha value is -3.59. The average molecular weight is 406 g/mol. The van der Waals surface area contributed by atoms with E-state index in [9.17, 15) is 19.7 Å². The van der Waals surface area contributed by atoms with E-state index in [1.54, 1.807) is 18.2 Å². The van der Waals surface area contributed by atoms with Gasteiger partial charge in [0.25, 0.3) is 17.5 Å². The number of ether oxygens (including phenoxy) is 2. The summed E-state index contributed by atoms with van der Waals surface area (Å²) in [5.41, 5.74) is 4.58. The molecule has 10 heteroatoms. The van der Waals surface area contributed by atoms with E-state index in [0.717, 1.165) is 6.07 Å². The lowest BCUT2D eigenvalue weighted by atomic mass is 10.2. The third-order valence-corrected chi connectivity index (χ3v) is 3.86. The van der Waals surface area contributed by atoms with E-state index >= 15 is 0 Å². The molecular weight excluding hydrogens is 390 g/mol. The summed E-state index contributed by atoms with van der Waals surface area (Å²) in [5.74, 6) is -0.282. The molecule has 146 valence electrons. The van der Waals surface area contributed by atoms with E-state index in [1.807, 2.05) is 0 Å². The van der Waals surface area contributed by atoms with Crippen LogP contribution in [0.15, 0.2) is 42.5 Å². The Bertz CT molecular complexity index is 945. The zero-order valence-corrected chi connectivity index (χ0v) is 15.6. The van der Waals surface area contributed by atoms with Crippen LogP contribution in [-0.2, 0) is 4.79 Å². The number of rotatable bonds is 6. The van der Waals surface area contributed by atoms with Gasteiger partial charge >= 0.3 is 0 Å². The topological polar surface area (TPSA) is 120 Å². The van der Waals surface area contributed by atoms with Crippen LogP contribution in [0.3, 0.4) is 0 Å². The number of benzene rings is 2. The van der Waals surface area contributed by atoms with Gasteiger partial charge in [0.1, 0.15) is 5.02 Å². The fourth-order valence-electron chi connectivity index (χ4n) is 2.15. The third-order valence-electron chi connectivity index (χ3n) is 3.54. The van der Waals surface area contributed by atoms with Crippen molar-refractivity contribution in [1.82, 2.24) is 10.9 Å². The van der Waals surface area contributed by atoms with Crippen LogP contribution in [0.5, 0.6) is 11.5 Å². The highest BCUT2D eigenvalue weighted by atomic mass is 35.5. The Morgan fingerprint density at radius 2 is 1.79 bits per heavy atom. The molecule has 0 aliphatic carbocycles. The first-order valence-corrected chi connectivity index (χ1v) is 8.18. The molecule has 0 bridgehead atoms. The van der Waals surface area contributed by atoms with E-state index in [2.05, 4.69) is 10.9 Å². The highest BCUT2D eigenvalue weighted by molar-refractivity contribution is 6.32. The van der Waals surface area contributed by atoms with Gasteiger partial charge in [0.2, 0.25) is 0 Å². The maximum Gasteiger partial charge on any atom is 0.288 e. The summed E-state index contributed by atoms with van der Waals surface area (Å²) in [7, 11) is 3.01. The number of nitro groups is 1. The van der Waals surface area contributed by atoms with Crippen molar-refractivity contribution >= 4 is 35.2 Å². The van der Waals surface area contributed by atoms with Crippen LogP contribution in [0.4, 0.5) is 5.69 Å². The Balaban J connectivity index is 1.98. The van der Waals surface area contributed by atoms with E-state index in [-0.39, 0.29) is 10.6 Å². The summed E-state index contributed by atoms with van der Waals surface area (Å²) < 4.78 is 10.3. The lowest BCUT2D eigenvalue weighted by Crippen LogP contribution is -2.40. The second kappa shape index (κ2) is 9.38. The monoisotopic (exact) mass is 405 g/mol. The molecule has 0 aromatic heterocycles. The lowest BCUT2D eigenvalue weighted by Gasteiger charge is -2.08. The van der Waals surface area contributed by atoms with Gasteiger partial charge in [-0.3, -0.25) is 30.6 Å². The van der Waals surface area contributed by atoms with Gasteiger partial charge in [0, 0.05) is 17.7 Å². The normalized spacial score (nSPS) is 10.4. The number of hydrazine groups is 1. The largest absolute Gasteiger partial charge is 0.493 e. The minimum absolute atomic E-state index is 0.0275. The van der Waals surface area contributed by atoms with Crippen molar-refractivity contribution in [2.75, 3.05) is 14.2 Å². The molecule has 0 radical (unpaired) electrons. The van der Waals surface area contributed by atoms with E-state index in [0.29, 0.717) is 17.1 Å². The van der Waals surface area contributed by atoms with Crippen LogP contribution in [0.25, 0.3) is 6.08 Å². The number of hydrogen-bond donors (Lipinski definition) is 2. The Morgan fingerprint density at radius 1 is 1.07 bits per heavy atom. The van der Waals surface area contributed by atoms with Crippen LogP contribution in [0.2, 0.25) is 5.02 Å². The summed E-state index contributed by atoms with van der Waals surface area (Å²) in [5, 5.41) is 10.8. The molecule has 0 aliphatic rings. The van der Waals surface area contributed by atoms with Crippen LogP contribution in [-0.4, -0.2) is 31.0 Å². The number of nitrogens with one attached hydrogen (secondary N) is 2. The summed E-state index contributed by atoms with van der Waals surface area (Å²) in [6.07, 6.45) is 2.71. The van der Waals surface area contributed by atoms with Crippen molar-refractivity contribution in [3.8, 4) is 11.5 Å². The molecule has 0 saturated heterocycles. The molecule has 0 atom stereocenters. The van der Waals surface area contributed by atoms with Crippen molar-refractivity contribution < 1.29 is 24.0 Å². The van der Waals surface area contributed by atoms with Crippen molar-refractivity contribution in [1.29, 1.82) is 0 Å². The van der Waals surface area contributed by atoms with Gasteiger partial charge in [-0.05, 0) is 35.9 Å². The van der Waals surface area contributed by atoms with Crippen molar-refractivity contribution in [2.24, 2.45) is 0 Å². The quantitative estimate of drug-likeness (QED) is 0.433. The zero-order valence-electron chi connectivity index (χ0n) is 14.9. The summed E-state index contributed by atoms with van der Waals surface area (Å²) in [6.45, 7) is 0. The number of methoxy groups -OCH3 is 2. The Labute approximate surface area is 165 Å². The summed E-state index contributed by atoms with van der Waals surface area (Å²) in [6, 6.07) is 8.63. The molecule has 2 aromatic carbocycles. The predicted octanol–water partition coefficient (Wildman–Crippen LogP) is 2.74. The van der Waals surface area contributed by atoms with Crippen molar-refractivity contribution in [3.05, 3.63) is 68.7 Å². The minimum Gasteiger partial charge on any atom is -0.493 e. The SMILES string of the molecule is COc1ccc(C=CC(=O)NNC(=O)c2ccc(Cl)c([N+](=O)[O-])c2)cc1OC. The van der Waals surface area contributed by atoms with Crippen molar-refractivity contribution in [2.45, 2.75) is 0 Å². The van der Waals surface area contributed by atoms with Crippen LogP contribution >= 0.6 is 11.6 Å². The molecule has 9 nitrogen and oxygen atoms in total. The van der Waals surface area contributed by atoms with E-state index < -0.39 is 22.4 Å². The summed E-state index contributed by atoms with van der Waals surface area (Å²) >= 11 is 5.69. The fourth-order valence-corrected chi connectivity index (χ4v) is 2.34. The van der Waals surface area contributed by atoms with Crippen LogP contribution < -0.4 is 20.3 Å². The molecule has 2 amide bonds.